The predicted octanol–water partition coefficient (Wildman–Crippen LogP) is 1.37. The average molecular weight is 317 g/mol. The SMILES string of the molecule is CC(C)[C@H](N)C(=O)NCC(=O)NC1(Cc2ccccc2)CCC1. The second kappa shape index (κ2) is 7.59. The fourth-order valence-corrected chi connectivity index (χ4v) is 2.86. The minimum Gasteiger partial charge on any atom is -0.349 e. The molecule has 1 aromatic carbocycles. The zero-order chi connectivity index (χ0) is 16.9. The highest BCUT2D eigenvalue weighted by Gasteiger charge is 2.38. The van der Waals surface area contributed by atoms with Crippen molar-refractivity contribution in [3.63, 3.8) is 0 Å². The summed E-state index contributed by atoms with van der Waals surface area (Å²) in [5.74, 6) is -0.375. The predicted molar refractivity (Wildman–Crippen MR) is 90.7 cm³/mol. The van der Waals surface area contributed by atoms with Gasteiger partial charge in [-0.05, 0) is 37.2 Å². The zero-order valence-corrected chi connectivity index (χ0v) is 14.0. The first-order valence-electron chi connectivity index (χ1n) is 8.30. The van der Waals surface area contributed by atoms with E-state index in [1.54, 1.807) is 0 Å². The van der Waals surface area contributed by atoms with Crippen molar-refractivity contribution in [1.29, 1.82) is 0 Å². The Hall–Kier alpha value is -1.88. The molecular formula is C18H27N3O2. The van der Waals surface area contributed by atoms with Crippen LogP contribution in [0, 0.1) is 5.92 Å². The lowest BCUT2D eigenvalue weighted by Gasteiger charge is -2.43. The van der Waals surface area contributed by atoms with Crippen LogP contribution < -0.4 is 16.4 Å². The van der Waals surface area contributed by atoms with Crippen LogP contribution in [0.4, 0.5) is 0 Å². The molecule has 0 radical (unpaired) electrons. The number of benzene rings is 1. The summed E-state index contributed by atoms with van der Waals surface area (Å²) in [5.41, 5.74) is 6.83. The van der Waals surface area contributed by atoms with Crippen molar-refractivity contribution in [2.24, 2.45) is 11.7 Å². The van der Waals surface area contributed by atoms with Crippen molar-refractivity contribution in [2.45, 2.75) is 51.1 Å². The van der Waals surface area contributed by atoms with E-state index in [0.717, 1.165) is 25.7 Å². The number of nitrogens with one attached hydrogen (secondary N) is 2. The molecular weight excluding hydrogens is 290 g/mol. The van der Waals surface area contributed by atoms with Gasteiger partial charge in [0.15, 0.2) is 0 Å². The van der Waals surface area contributed by atoms with Crippen LogP contribution in [0.25, 0.3) is 0 Å². The molecule has 0 heterocycles. The second-order valence-electron chi connectivity index (χ2n) is 6.83. The molecule has 23 heavy (non-hydrogen) atoms. The Bertz CT molecular complexity index is 538. The molecule has 1 atom stereocenters. The highest BCUT2D eigenvalue weighted by Crippen LogP contribution is 2.34. The second-order valence-corrected chi connectivity index (χ2v) is 6.83. The van der Waals surface area contributed by atoms with Crippen molar-refractivity contribution in [2.75, 3.05) is 6.54 Å². The van der Waals surface area contributed by atoms with Crippen LogP contribution in [0.3, 0.4) is 0 Å². The maximum absolute atomic E-state index is 12.2. The van der Waals surface area contributed by atoms with E-state index in [-0.39, 0.29) is 29.8 Å². The molecule has 5 heteroatoms. The van der Waals surface area contributed by atoms with Crippen molar-refractivity contribution in [1.82, 2.24) is 10.6 Å². The van der Waals surface area contributed by atoms with Gasteiger partial charge in [0.2, 0.25) is 11.8 Å². The van der Waals surface area contributed by atoms with E-state index < -0.39 is 6.04 Å². The Kier molecular flexibility index (Phi) is 5.77. The van der Waals surface area contributed by atoms with Crippen LogP contribution in [-0.2, 0) is 16.0 Å². The zero-order valence-electron chi connectivity index (χ0n) is 14.0. The molecule has 4 N–H and O–H groups in total. The van der Waals surface area contributed by atoms with Gasteiger partial charge in [0.05, 0.1) is 12.6 Å². The monoisotopic (exact) mass is 317 g/mol. The molecule has 0 aliphatic heterocycles. The molecule has 2 amide bonds. The molecule has 1 aromatic rings. The lowest BCUT2D eigenvalue weighted by Crippen LogP contribution is -2.57. The summed E-state index contributed by atoms with van der Waals surface area (Å²) in [7, 11) is 0. The lowest BCUT2D eigenvalue weighted by atomic mass is 9.72. The van der Waals surface area contributed by atoms with Gasteiger partial charge in [-0.25, -0.2) is 0 Å². The maximum Gasteiger partial charge on any atom is 0.239 e. The topological polar surface area (TPSA) is 84.2 Å². The molecule has 0 aromatic heterocycles. The summed E-state index contributed by atoms with van der Waals surface area (Å²) < 4.78 is 0. The van der Waals surface area contributed by atoms with E-state index in [4.69, 9.17) is 5.73 Å². The van der Waals surface area contributed by atoms with Crippen molar-refractivity contribution in [3.05, 3.63) is 35.9 Å². The Morgan fingerprint density at radius 3 is 2.39 bits per heavy atom. The van der Waals surface area contributed by atoms with Gasteiger partial charge >= 0.3 is 0 Å². The largest absolute Gasteiger partial charge is 0.349 e. The van der Waals surface area contributed by atoms with E-state index in [1.807, 2.05) is 32.0 Å². The molecule has 2 rings (SSSR count). The van der Waals surface area contributed by atoms with E-state index in [2.05, 4.69) is 22.8 Å². The number of rotatable bonds is 7. The maximum atomic E-state index is 12.2. The first-order valence-corrected chi connectivity index (χ1v) is 8.30. The molecule has 0 bridgehead atoms. The number of hydrogen-bond donors (Lipinski definition) is 3. The number of carbonyl (C=O) groups is 2. The third-order valence-corrected chi connectivity index (χ3v) is 4.54. The van der Waals surface area contributed by atoms with E-state index in [0.29, 0.717) is 0 Å². The Morgan fingerprint density at radius 2 is 1.87 bits per heavy atom. The van der Waals surface area contributed by atoms with Crippen LogP contribution in [0.1, 0.15) is 38.7 Å². The molecule has 0 unspecified atom stereocenters. The minimum atomic E-state index is -0.579. The van der Waals surface area contributed by atoms with Crippen LogP contribution in [0.15, 0.2) is 30.3 Å². The van der Waals surface area contributed by atoms with Gasteiger partial charge in [0.1, 0.15) is 0 Å². The molecule has 5 nitrogen and oxygen atoms in total. The van der Waals surface area contributed by atoms with E-state index in [1.165, 1.54) is 5.56 Å². The van der Waals surface area contributed by atoms with Crippen LogP contribution >= 0.6 is 0 Å². The summed E-state index contributed by atoms with van der Waals surface area (Å²) in [5, 5.41) is 5.73. The Labute approximate surface area is 138 Å². The van der Waals surface area contributed by atoms with Gasteiger partial charge in [-0.1, -0.05) is 44.2 Å². The van der Waals surface area contributed by atoms with Gasteiger partial charge in [0.25, 0.3) is 0 Å². The van der Waals surface area contributed by atoms with Crippen LogP contribution in [0.2, 0.25) is 0 Å². The Balaban J connectivity index is 1.84. The normalized spacial score (nSPS) is 17.2. The quantitative estimate of drug-likeness (QED) is 0.710. The third-order valence-electron chi connectivity index (χ3n) is 4.54. The summed E-state index contributed by atoms with van der Waals surface area (Å²) in [6, 6.07) is 9.59. The van der Waals surface area contributed by atoms with E-state index >= 15 is 0 Å². The summed E-state index contributed by atoms with van der Waals surface area (Å²) in [6.07, 6.45) is 3.91. The molecule has 1 aliphatic carbocycles. The number of hydrogen-bond acceptors (Lipinski definition) is 3. The first kappa shape index (κ1) is 17.5. The van der Waals surface area contributed by atoms with E-state index in [9.17, 15) is 9.59 Å². The summed E-state index contributed by atoms with van der Waals surface area (Å²) in [6.45, 7) is 3.75. The highest BCUT2D eigenvalue weighted by atomic mass is 16.2. The van der Waals surface area contributed by atoms with Gasteiger partial charge in [0, 0.05) is 5.54 Å². The molecule has 0 saturated heterocycles. The van der Waals surface area contributed by atoms with Crippen molar-refractivity contribution >= 4 is 11.8 Å². The molecule has 0 spiro atoms. The third kappa shape index (κ3) is 4.79. The molecule has 1 aliphatic rings. The number of nitrogens with two attached hydrogens (primary N) is 1. The van der Waals surface area contributed by atoms with Gasteiger partial charge < -0.3 is 16.4 Å². The molecule has 1 saturated carbocycles. The smallest absolute Gasteiger partial charge is 0.239 e. The summed E-state index contributed by atoms with van der Waals surface area (Å²) in [4.78, 5) is 24.0. The fraction of sp³-hybridized carbons (Fsp3) is 0.556. The molecule has 126 valence electrons. The number of carbonyl (C=O) groups excluding carboxylic acids is 2. The van der Waals surface area contributed by atoms with Crippen molar-refractivity contribution in [3.8, 4) is 0 Å². The summed E-state index contributed by atoms with van der Waals surface area (Å²) >= 11 is 0. The number of amides is 2. The standard InChI is InChI=1S/C18H27N3O2/c1-13(2)16(19)17(23)20-12-15(22)21-18(9-6-10-18)11-14-7-4-3-5-8-14/h3-5,7-8,13,16H,6,9-12,19H2,1-2H3,(H,20,23)(H,21,22)/t16-/m0/s1. The highest BCUT2D eigenvalue weighted by molar-refractivity contribution is 5.87. The molecule has 1 fully saturated rings. The van der Waals surface area contributed by atoms with Gasteiger partial charge in [-0.3, -0.25) is 9.59 Å². The fourth-order valence-electron chi connectivity index (χ4n) is 2.86. The first-order chi connectivity index (χ1) is 10.9. The Morgan fingerprint density at radius 1 is 1.22 bits per heavy atom. The average Bonchev–Trinajstić information content (AvgIpc) is 2.50. The van der Waals surface area contributed by atoms with Crippen LogP contribution in [-0.4, -0.2) is 29.9 Å². The minimum absolute atomic E-state index is 0.0181. The van der Waals surface area contributed by atoms with Gasteiger partial charge in [-0.2, -0.15) is 0 Å². The lowest BCUT2D eigenvalue weighted by molar-refractivity contribution is -0.128. The van der Waals surface area contributed by atoms with Gasteiger partial charge in [-0.15, -0.1) is 0 Å². The van der Waals surface area contributed by atoms with Crippen molar-refractivity contribution < 1.29 is 9.59 Å². The van der Waals surface area contributed by atoms with Crippen LogP contribution in [0.5, 0.6) is 0 Å².